The zero-order valence-electron chi connectivity index (χ0n) is 18.3. The molecule has 2 heterocycles. The number of pyridine rings is 1. The molecule has 1 aromatic heterocycles. The van der Waals surface area contributed by atoms with Crippen LogP contribution in [0.1, 0.15) is 26.3 Å². The normalized spacial score (nSPS) is 13.3. The van der Waals surface area contributed by atoms with Crippen LogP contribution in [-0.2, 0) is 0 Å². The summed E-state index contributed by atoms with van der Waals surface area (Å²) in [6.45, 7) is 1.41. The highest BCUT2D eigenvalue weighted by molar-refractivity contribution is 9.10. The summed E-state index contributed by atoms with van der Waals surface area (Å²) in [5, 5.41) is 13.4. The van der Waals surface area contributed by atoms with Crippen molar-refractivity contribution < 1.29 is 18.4 Å². The third-order valence-electron chi connectivity index (χ3n) is 5.26. The molecular weight excluding hydrogens is 540 g/mol. The molecule has 4 rings (SSSR count). The zero-order chi connectivity index (χ0) is 24.9. The van der Waals surface area contributed by atoms with Crippen molar-refractivity contribution >= 4 is 56.8 Å². The van der Waals surface area contributed by atoms with Crippen LogP contribution in [-0.4, -0.2) is 52.1 Å². The number of hydrogen-bond donors (Lipinski definition) is 3. The van der Waals surface area contributed by atoms with Crippen molar-refractivity contribution in [3.05, 3.63) is 87.5 Å². The largest absolute Gasteiger partial charge is 0.355 e. The van der Waals surface area contributed by atoms with Crippen LogP contribution in [0.2, 0.25) is 0 Å². The van der Waals surface area contributed by atoms with Crippen LogP contribution in [0.4, 0.5) is 20.3 Å². The molecule has 11 heteroatoms. The van der Waals surface area contributed by atoms with Crippen molar-refractivity contribution in [3.8, 4) is 0 Å². The number of halogens is 3. The average Bonchev–Trinajstić information content (AvgIpc) is 2.86. The molecule has 0 radical (unpaired) electrons. The van der Waals surface area contributed by atoms with Crippen LogP contribution in [0.15, 0.2) is 59.2 Å². The highest BCUT2D eigenvalue weighted by atomic mass is 79.9. The number of carbonyl (C=O) groups excluding carboxylic acids is 2. The Morgan fingerprint density at radius 3 is 2.40 bits per heavy atom. The molecule has 1 aliphatic rings. The van der Waals surface area contributed by atoms with Gasteiger partial charge in [-0.15, -0.1) is 0 Å². The number of amides is 2. The second-order valence-electron chi connectivity index (χ2n) is 7.60. The van der Waals surface area contributed by atoms with Gasteiger partial charge in [0.05, 0.1) is 16.8 Å². The first kappa shape index (κ1) is 24.8. The first-order valence-electron chi connectivity index (χ1n) is 10.6. The van der Waals surface area contributed by atoms with Gasteiger partial charge >= 0.3 is 0 Å². The van der Waals surface area contributed by atoms with Crippen LogP contribution in [0.5, 0.6) is 0 Å². The Labute approximate surface area is 213 Å². The fourth-order valence-corrected chi connectivity index (χ4v) is 4.59. The lowest BCUT2D eigenvalue weighted by Crippen LogP contribution is -2.38. The molecule has 7 nitrogen and oxygen atoms in total. The van der Waals surface area contributed by atoms with Gasteiger partial charge in [-0.3, -0.25) is 15.0 Å². The molecule has 2 amide bonds. The van der Waals surface area contributed by atoms with Gasteiger partial charge in [-0.25, -0.2) is 13.8 Å². The Bertz CT molecular complexity index is 1280. The fraction of sp³-hybridized carbons (Fsp3) is 0.167. The number of hydrogen-bond acceptors (Lipinski definition) is 5. The number of thioether (sulfide) groups is 1. The summed E-state index contributed by atoms with van der Waals surface area (Å²) >= 11 is 5.05. The number of benzene rings is 2. The Balaban J connectivity index is 1.52. The summed E-state index contributed by atoms with van der Waals surface area (Å²) < 4.78 is 29.5. The van der Waals surface area contributed by atoms with Crippen LogP contribution < -0.4 is 10.6 Å². The lowest BCUT2D eigenvalue weighted by Gasteiger charge is -2.28. The Kier molecular flexibility index (Phi) is 7.76. The molecule has 1 saturated heterocycles. The van der Waals surface area contributed by atoms with Crippen LogP contribution in [0, 0.1) is 17.0 Å². The number of amidine groups is 1. The lowest BCUT2D eigenvalue weighted by molar-refractivity contribution is 0.102. The fourth-order valence-electron chi connectivity index (χ4n) is 3.45. The van der Waals surface area contributed by atoms with E-state index in [-0.39, 0.29) is 28.5 Å². The molecule has 1 fully saturated rings. The van der Waals surface area contributed by atoms with Gasteiger partial charge in [0.1, 0.15) is 23.3 Å². The molecule has 0 aliphatic carbocycles. The number of nitrogens with zero attached hydrogens (tertiary/aromatic N) is 2. The predicted octanol–water partition coefficient (Wildman–Crippen LogP) is 5.00. The van der Waals surface area contributed by atoms with Gasteiger partial charge in [0.25, 0.3) is 11.8 Å². The smallest absolute Gasteiger partial charge is 0.259 e. The van der Waals surface area contributed by atoms with Crippen molar-refractivity contribution in [2.24, 2.45) is 0 Å². The third kappa shape index (κ3) is 6.04. The monoisotopic (exact) mass is 559 g/mol. The molecule has 1 aliphatic heterocycles. The summed E-state index contributed by atoms with van der Waals surface area (Å²) in [6, 6.07) is 10.5. The number of carbonyl (C=O) groups is 2. The molecule has 2 aromatic carbocycles. The third-order valence-corrected chi connectivity index (χ3v) is 6.67. The van der Waals surface area contributed by atoms with Gasteiger partial charge in [-0.2, -0.15) is 11.8 Å². The van der Waals surface area contributed by atoms with Crippen molar-refractivity contribution in [3.63, 3.8) is 0 Å². The first-order valence-corrected chi connectivity index (χ1v) is 12.5. The highest BCUT2D eigenvalue weighted by Gasteiger charge is 2.21. The molecule has 0 unspecified atom stereocenters. The Morgan fingerprint density at radius 1 is 0.971 bits per heavy atom. The molecular formula is C24H20BrF2N5O2S. The van der Waals surface area contributed by atoms with Gasteiger partial charge in [0.2, 0.25) is 0 Å². The molecule has 0 spiro atoms. The van der Waals surface area contributed by atoms with E-state index in [2.05, 4.69) is 31.5 Å². The molecule has 0 saturated carbocycles. The van der Waals surface area contributed by atoms with E-state index in [0.717, 1.165) is 29.7 Å². The molecule has 0 atom stereocenters. The minimum absolute atomic E-state index is 0.00745. The molecule has 0 bridgehead atoms. The van der Waals surface area contributed by atoms with Crippen molar-refractivity contribution in [2.45, 2.75) is 0 Å². The Morgan fingerprint density at radius 2 is 1.71 bits per heavy atom. The van der Waals surface area contributed by atoms with Crippen LogP contribution >= 0.6 is 27.7 Å². The minimum atomic E-state index is -0.808. The maximum Gasteiger partial charge on any atom is 0.259 e. The Hall–Kier alpha value is -3.31. The SMILES string of the molecule is N=C(c1ccc(C(=O)Nc2ccc(F)cc2C(=O)Nc2ccc(Br)cn2)c(F)c1)N1CCSCC1. The van der Waals surface area contributed by atoms with E-state index in [1.165, 1.54) is 24.4 Å². The maximum absolute atomic E-state index is 14.8. The summed E-state index contributed by atoms with van der Waals surface area (Å²) in [6.07, 6.45) is 1.49. The standard InChI is InChI=1S/C24H20BrF2N5O2S/c25-15-2-6-21(29-13-15)31-24(34)18-12-16(26)3-5-20(18)30-23(33)17-4-1-14(11-19(17)27)22(28)32-7-9-35-10-8-32/h1-6,11-13,28H,7-10H2,(H,30,33)(H,29,31,34). The topological polar surface area (TPSA) is 98.2 Å². The number of rotatable bonds is 5. The summed E-state index contributed by atoms with van der Waals surface area (Å²) in [5.41, 5.74) is -0.0336. The van der Waals surface area contributed by atoms with Gasteiger partial charge in [0, 0.05) is 40.8 Å². The van der Waals surface area contributed by atoms with E-state index in [0.29, 0.717) is 23.1 Å². The van der Waals surface area contributed by atoms with Gasteiger partial charge in [-0.05, 0) is 58.4 Å². The quantitative estimate of drug-likeness (QED) is 0.302. The van der Waals surface area contributed by atoms with E-state index < -0.39 is 23.4 Å². The summed E-state index contributed by atoms with van der Waals surface area (Å²) in [7, 11) is 0. The molecule has 3 aromatic rings. The van der Waals surface area contributed by atoms with Crippen LogP contribution in [0.3, 0.4) is 0 Å². The van der Waals surface area contributed by atoms with Gasteiger partial charge < -0.3 is 15.5 Å². The number of aromatic nitrogens is 1. The van der Waals surface area contributed by atoms with E-state index >= 15 is 0 Å². The van der Waals surface area contributed by atoms with Gasteiger partial charge in [0.15, 0.2) is 0 Å². The molecule has 35 heavy (non-hydrogen) atoms. The van der Waals surface area contributed by atoms with Crippen molar-refractivity contribution in [1.82, 2.24) is 9.88 Å². The van der Waals surface area contributed by atoms with Crippen molar-refractivity contribution in [2.75, 3.05) is 35.2 Å². The second-order valence-corrected chi connectivity index (χ2v) is 9.74. The van der Waals surface area contributed by atoms with Crippen LogP contribution in [0.25, 0.3) is 0 Å². The maximum atomic E-state index is 14.8. The zero-order valence-corrected chi connectivity index (χ0v) is 20.7. The van der Waals surface area contributed by atoms with E-state index in [9.17, 15) is 18.4 Å². The minimum Gasteiger partial charge on any atom is -0.355 e. The van der Waals surface area contributed by atoms with E-state index in [1.54, 1.807) is 23.9 Å². The first-order chi connectivity index (χ1) is 16.8. The predicted molar refractivity (Wildman–Crippen MR) is 136 cm³/mol. The highest BCUT2D eigenvalue weighted by Crippen LogP contribution is 2.22. The van der Waals surface area contributed by atoms with E-state index in [1.807, 2.05) is 4.90 Å². The molecule has 3 N–H and O–H groups in total. The second kappa shape index (κ2) is 11.0. The summed E-state index contributed by atoms with van der Waals surface area (Å²) in [4.78, 5) is 31.5. The number of anilines is 2. The summed E-state index contributed by atoms with van der Waals surface area (Å²) in [5.74, 6) is -0.749. The lowest BCUT2D eigenvalue weighted by atomic mass is 10.1. The van der Waals surface area contributed by atoms with E-state index in [4.69, 9.17) is 5.41 Å². The average molecular weight is 560 g/mol. The number of nitrogens with one attached hydrogen (secondary N) is 3. The molecule has 180 valence electrons. The van der Waals surface area contributed by atoms with Crippen molar-refractivity contribution in [1.29, 1.82) is 5.41 Å². The van der Waals surface area contributed by atoms with Gasteiger partial charge in [-0.1, -0.05) is 6.07 Å².